The lowest BCUT2D eigenvalue weighted by atomic mass is 9.92. The van der Waals surface area contributed by atoms with Gasteiger partial charge in [0, 0.05) is 11.7 Å². The molecule has 0 saturated heterocycles. The summed E-state index contributed by atoms with van der Waals surface area (Å²) in [6.45, 7) is -0.0424. The molecule has 0 atom stereocenters. The molecule has 0 aliphatic heterocycles. The lowest BCUT2D eigenvalue weighted by molar-refractivity contribution is -0.139. The number of hydrogen-bond donors (Lipinski definition) is 3. The molecule has 0 bridgehead atoms. The molecule has 0 spiro atoms. The summed E-state index contributed by atoms with van der Waals surface area (Å²) in [7, 11) is 0. The van der Waals surface area contributed by atoms with E-state index in [9.17, 15) is 14.7 Å². The molecule has 4 rings (SSSR count). The minimum absolute atomic E-state index is 0.0990. The predicted octanol–water partition coefficient (Wildman–Crippen LogP) is 6.17. The Morgan fingerprint density at radius 1 is 1.03 bits per heavy atom. The van der Waals surface area contributed by atoms with Crippen LogP contribution in [0.15, 0.2) is 54.6 Å². The van der Waals surface area contributed by atoms with Crippen molar-refractivity contribution in [2.45, 2.75) is 44.4 Å². The molecule has 184 valence electrons. The van der Waals surface area contributed by atoms with Crippen molar-refractivity contribution < 1.29 is 29.3 Å². The Kier molecular flexibility index (Phi) is 8.28. The van der Waals surface area contributed by atoms with Crippen molar-refractivity contribution in [2.75, 3.05) is 11.9 Å². The molecule has 1 fully saturated rings. The van der Waals surface area contributed by atoms with E-state index >= 15 is 0 Å². The fourth-order valence-electron chi connectivity index (χ4n) is 4.13. The highest BCUT2D eigenvalue weighted by Gasteiger charge is 2.25. The summed E-state index contributed by atoms with van der Waals surface area (Å²) in [5.74, 6) is -2.55. The number of benzene rings is 2. The number of carboxylic acid groups (broad SMARTS) is 2. The smallest absolute Gasteiger partial charge is 0.349 e. The molecule has 0 radical (unpaired) electrons. The summed E-state index contributed by atoms with van der Waals surface area (Å²) in [5, 5.41) is 22.1. The first-order chi connectivity index (χ1) is 16.9. The zero-order valence-electron chi connectivity index (χ0n) is 18.9. The number of thiophene rings is 1. The van der Waals surface area contributed by atoms with Gasteiger partial charge in [0.2, 0.25) is 0 Å². The largest absolute Gasteiger partial charge is 0.479 e. The minimum atomic E-state index is -1.22. The van der Waals surface area contributed by atoms with Crippen LogP contribution in [0.25, 0.3) is 10.4 Å². The quantitative estimate of drug-likeness (QED) is 0.296. The summed E-state index contributed by atoms with van der Waals surface area (Å²) < 4.78 is 11.3. The SMILES string of the molecule is O=C(O)COc1c(C(=O)O)sc(-c2cccc(NC3CCC(OCc4ccccc4)CC3)c2)c1Cl. The predicted molar refractivity (Wildman–Crippen MR) is 136 cm³/mol. The Morgan fingerprint density at radius 2 is 1.77 bits per heavy atom. The first kappa shape index (κ1) is 25.0. The van der Waals surface area contributed by atoms with E-state index in [0.717, 1.165) is 48.3 Å². The zero-order valence-corrected chi connectivity index (χ0v) is 20.5. The van der Waals surface area contributed by atoms with Gasteiger partial charge in [0.25, 0.3) is 0 Å². The Labute approximate surface area is 212 Å². The third-order valence-corrected chi connectivity index (χ3v) is 7.52. The van der Waals surface area contributed by atoms with Crippen molar-refractivity contribution in [3.63, 3.8) is 0 Å². The third kappa shape index (κ3) is 6.54. The van der Waals surface area contributed by atoms with Gasteiger partial charge in [-0.3, -0.25) is 0 Å². The fraction of sp³-hybridized carbons (Fsp3) is 0.308. The van der Waals surface area contributed by atoms with Gasteiger partial charge < -0.3 is 25.0 Å². The van der Waals surface area contributed by atoms with Crippen molar-refractivity contribution in [3.05, 3.63) is 70.1 Å². The molecule has 0 amide bonds. The number of nitrogens with one attached hydrogen (secondary N) is 1. The molecule has 7 nitrogen and oxygen atoms in total. The number of aromatic carboxylic acids is 1. The van der Waals surface area contributed by atoms with Gasteiger partial charge >= 0.3 is 11.9 Å². The summed E-state index contributed by atoms with van der Waals surface area (Å²) in [5.41, 5.74) is 2.82. The Hall–Kier alpha value is -3.07. The molecule has 0 unspecified atom stereocenters. The van der Waals surface area contributed by atoms with Crippen LogP contribution in [0.2, 0.25) is 5.02 Å². The first-order valence-corrected chi connectivity index (χ1v) is 12.5. The summed E-state index contributed by atoms with van der Waals surface area (Å²) in [6, 6.07) is 18.1. The van der Waals surface area contributed by atoms with Gasteiger partial charge in [0.05, 0.1) is 17.6 Å². The fourth-order valence-corrected chi connectivity index (χ4v) is 5.54. The number of rotatable bonds is 10. The lowest BCUT2D eigenvalue weighted by Crippen LogP contribution is -2.29. The van der Waals surface area contributed by atoms with Crippen LogP contribution in [0.3, 0.4) is 0 Å². The van der Waals surface area contributed by atoms with Crippen LogP contribution in [0.1, 0.15) is 40.9 Å². The van der Waals surface area contributed by atoms with Gasteiger partial charge in [-0.25, -0.2) is 9.59 Å². The first-order valence-electron chi connectivity index (χ1n) is 11.3. The van der Waals surface area contributed by atoms with Crippen molar-refractivity contribution in [2.24, 2.45) is 0 Å². The average molecular weight is 516 g/mol. The second kappa shape index (κ2) is 11.6. The maximum atomic E-state index is 11.6. The van der Waals surface area contributed by atoms with Crippen molar-refractivity contribution >= 4 is 40.6 Å². The van der Waals surface area contributed by atoms with Gasteiger partial charge in [-0.1, -0.05) is 54.1 Å². The Bertz CT molecular complexity index is 1170. The lowest BCUT2D eigenvalue weighted by Gasteiger charge is -2.30. The van der Waals surface area contributed by atoms with Crippen LogP contribution in [-0.2, 0) is 16.1 Å². The van der Waals surface area contributed by atoms with E-state index in [4.69, 9.17) is 26.2 Å². The van der Waals surface area contributed by atoms with Crippen LogP contribution in [0.4, 0.5) is 5.69 Å². The van der Waals surface area contributed by atoms with Gasteiger partial charge in [0.1, 0.15) is 5.02 Å². The maximum Gasteiger partial charge on any atom is 0.349 e. The Morgan fingerprint density at radius 3 is 2.46 bits per heavy atom. The van der Waals surface area contributed by atoms with E-state index < -0.39 is 18.5 Å². The second-order valence-electron chi connectivity index (χ2n) is 8.39. The molecule has 3 aromatic rings. The van der Waals surface area contributed by atoms with E-state index in [1.54, 1.807) is 0 Å². The summed E-state index contributed by atoms with van der Waals surface area (Å²) in [4.78, 5) is 22.9. The van der Waals surface area contributed by atoms with Gasteiger partial charge in [0.15, 0.2) is 17.2 Å². The van der Waals surface area contributed by atoms with Gasteiger partial charge in [-0.15, -0.1) is 11.3 Å². The zero-order chi connectivity index (χ0) is 24.8. The van der Waals surface area contributed by atoms with Gasteiger partial charge in [-0.2, -0.15) is 0 Å². The van der Waals surface area contributed by atoms with Gasteiger partial charge in [-0.05, 0) is 48.9 Å². The third-order valence-electron chi connectivity index (χ3n) is 5.84. The summed E-state index contributed by atoms with van der Waals surface area (Å²) >= 11 is 7.38. The van der Waals surface area contributed by atoms with Crippen LogP contribution in [0, 0.1) is 0 Å². The molecule has 1 saturated carbocycles. The molecule has 35 heavy (non-hydrogen) atoms. The van der Waals surface area contributed by atoms with Crippen molar-refractivity contribution in [3.8, 4) is 16.2 Å². The monoisotopic (exact) mass is 515 g/mol. The number of carbonyl (C=O) groups is 2. The number of carboxylic acids is 2. The van der Waals surface area contributed by atoms with E-state index in [1.807, 2.05) is 42.5 Å². The molecular weight excluding hydrogens is 490 g/mol. The van der Waals surface area contributed by atoms with Crippen LogP contribution >= 0.6 is 22.9 Å². The Balaban J connectivity index is 1.39. The van der Waals surface area contributed by atoms with Crippen molar-refractivity contribution in [1.29, 1.82) is 0 Å². The molecule has 3 N–H and O–H groups in total. The number of halogens is 1. The average Bonchev–Trinajstić information content (AvgIpc) is 3.19. The van der Waals surface area contributed by atoms with Crippen LogP contribution in [0.5, 0.6) is 5.75 Å². The number of hydrogen-bond acceptors (Lipinski definition) is 6. The topological polar surface area (TPSA) is 105 Å². The molecule has 1 aromatic heterocycles. The normalized spacial score (nSPS) is 17.6. The summed E-state index contributed by atoms with van der Waals surface area (Å²) in [6.07, 6.45) is 4.18. The van der Waals surface area contributed by atoms with E-state index in [0.29, 0.717) is 17.5 Å². The molecule has 2 aromatic carbocycles. The maximum absolute atomic E-state index is 11.6. The van der Waals surface area contributed by atoms with Crippen molar-refractivity contribution in [1.82, 2.24) is 0 Å². The highest BCUT2D eigenvalue weighted by Crippen LogP contribution is 2.46. The highest BCUT2D eigenvalue weighted by atomic mass is 35.5. The molecule has 9 heteroatoms. The minimum Gasteiger partial charge on any atom is -0.479 e. The van der Waals surface area contributed by atoms with E-state index in [2.05, 4.69) is 17.4 Å². The highest BCUT2D eigenvalue weighted by molar-refractivity contribution is 7.18. The molecule has 1 heterocycles. The number of anilines is 1. The number of ether oxygens (including phenoxy) is 2. The number of aliphatic carboxylic acids is 1. The second-order valence-corrected chi connectivity index (χ2v) is 9.78. The molecule has 1 aliphatic carbocycles. The van der Waals surface area contributed by atoms with Crippen LogP contribution in [-0.4, -0.2) is 40.9 Å². The molecular formula is C26H26ClNO6S. The van der Waals surface area contributed by atoms with E-state index in [1.165, 1.54) is 5.56 Å². The van der Waals surface area contributed by atoms with E-state index in [-0.39, 0.29) is 21.8 Å². The standard InChI is InChI=1S/C26H26ClNO6S/c27-22-23(34-15-21(29)30)25(26(31)32)35-24(22)17-7-4-8-19(13-17)28-18-9-11-20(12-10-18)33-14-16-5-2-1-3-6-16/h1-8,13,18,20,28H,9-12,14-15H2,(H,29,30)(H,31,32). The molecule has 1 aliphatic rings. The van der Waals surface area contributed by atoms with Crippen LogP contribution < -0.4 is 10.1 Å².